The average Bonchev–Trinajstić information content (AvgIpc) is 3.30. The van der Waals surface area contributed by atoms with E-state index in [-0.39, 0.29) is 11.7 Å². The Morgan fingerprint density at radius 1 is 1.11 bits per heavy atom. The molecular weight excluding hydrogens is 372 g/mol. The summed E-state index contributed by atoms with van der Waals surface area (Å²) in [4.78, 5) is 2.94. The lowest BCUT2D eigenvalue weighted by molar-refractivity contribution is -0.222. The van der Waals surface area contributed by atoms with Gasteiger partial charge in [0.05, 0.1) is 16.6 Å². The maximum atomic E-state index is 12.3. The SMILES string of the molecule is O=S(=O)(NCC1CC2(CCN(C[C@H]3C[C@@H]4C=C[C@H]3C4)CC2)O1)c1ccccc1. The zero-order valence-electron chi connectivity index (χ0n) is 16.3. The monoisotopic (exact) mass is 402 g/mol. The van der Waals surface area contributed by atoms with Gasteiger partial charge in [-0.05, 0) is 55.6 Å². The van der Waals surface area contributed by atoms with Crippen LogP contribution in [0.4, 0.5) is 0 Å². The van der Waals surface area contributed by atoms with Crippen molar-refractivity contribution in [3.05, 3.63) is 42.5 Å². The maximum absolute atomic E-state index is 12.3. The van der Waals surface area contributed by atoms with Crippen molar-refractivity contribution >= 4 is 10.0 Å². The molecule has 152 valence electrons. The Morgan fingerprint density at radius 3 is 2.50 bits per heavy atom. The smallest absolute Gasteiger partial charge is 0.240 e. The fourth-order valence-corrected chi connectivity index (χ4v) is 6.75. The van der Waals surface area contributed by atoms with Gasteiger partial charge in [0.1, 0.15) is 0 Å². The molecule has 1 unspecified atom stereocenters. The fraction of sp³-hybridized carbons (Fsp3) is 0.636. The average molecular weight is 403 g/mol. The zero-order valence-corrected chi connectivity index (χ0v) is 17.1. The number of nitrogens with one attached hydrogen (secondary N) is 1. The number of benzene rings is 1. The van der Waals surface area contributed by atoms with Crippen molar-refractivity contribution in [3.8, 4) is 0 Å². The van der Waals surface area contributed by atoms with Crippen LogP contribution in [0.2, 0.25) is 0 Å². The predicted molar refractivity (Wildman–Crippen MR) is 108 cm³/mol. The number of piperidine rings is 1. The number of sulfonamides is 1. The predicted octanol–water partition coefficient (Wildman–Crippen LogP) is 2.80. The topological polar surface area (TPSA) is 58.6 Å². The Hall–Kier alpha value is -1.21. The Kier molecular flexibility index (Phi) is 4.86. The highest BCUT2D eigenvalue weighted by molar-refractivity contribution is 7.89. The molecule has 1 saturated carbocycles. The molecule has 4 aliphatic rings. The lowest BCUT2D eigenvalue weighted by atomic mass is 9.80. The van der Waals surface area contributed by atoms with Crippen molar-refractivity contribution in [2.24, 2.45) is 17.8 Å². The van der Waals surface area contributed by atoms with E-state index >= 15 is 0 Å². The molecule has 2 bridgehead atoms. The van der Waals surface area contributed by atoms with Gasteiger partial charge in [-0.25, -0.2) is 13.1 Å². The first-order chi connectivity index (χ1) is 13.5. The molecule has 1 aromatic carbocycles. The van der Waals surface area contributed by atoms with Gasteiger partial charge in [-0.2, -0.15) is 0 Å². The molecular formula is C22H30N2O3S. The zero-order chi connectivity index (χ0) is 19.2. The fourth-order valence-electron chi connectivity index (χ4n) is 5.66. The number of allylic oxidation sites excluding steroid dienone is 2. The van der Waals surface area contributed by atoms with E-state index in [1.807, 2.05) is 6.07 Å². The molecule has 0 radical (unpaired) electrons. The molecule has 0 amide bonds. The molecule has 4 atom stereocenters. The Balaban J connectivity index is 1.06. The minimum absolute atomic E-state index is 0.000686. The summed E-state index contributed by atoms with van der Waals surface area (Å²) in [6.07, 6.45) is 10.7. The van der Waals surface area contributed by atoms with Gasteiger partial charge in [-0.1, -0.05) is 30.4 Å². The summed E-state index contributed by atoms with van der Waals surface area (Å²) in [5, 5.41) is 0. The molecule has 1 N–H and O–H groups in total. The maximum Gasteiger partial charge on any atom is 0.240 e. The van der Waals surface area contributed by atoms with E-state index in [0.717, 1.165) is 50.1 Å². The third-order valence-electron chi connectivity index (χ3n) is 7.25. The first-order valence-corrected chi connectivity index (χ1v) is 12.1. The summed E-state index contributed by atoms with van der Waals surface area (Å²) in [7, 11) is -3.44. The van der Waals surface area contributed by atoms with E-state index in [9.17, 15) is 8.42 Å². The molecule has 3 fully saturated rings. The standard InChI is InChI=1S/C22H30N2O3S/c25-28(26,21-4-2-1-3-5-21)23-15-20-14-22(27-20)8-10-24(11-9-22)16-19-13-17-6-7-18(19)12-17/h1-7,17-20,23H,8-16H2/t17-,18+,19-,20?/m1/s1. The summed E-state index contributed by atoms with van der Waals surface area (Å²) in [5.41, 5.74) is -0.00601. The van der Waals surface area contributed by atoms with Crippen LogP contribution in [0.1, 0.15) is 32.1 Å². The molecule has 2 saturated heterocycles. The molecule has 2 aliphatic carbocycles. The lowest BCUT2D eigenvalue weighted by Gasteiger charge is -2.52. The molecule has 2 heterocycles. The lowest BCUT2D eigenvalue weighted by Crippen LogP contribution is -2.59. The number of rotatable bonds is 6. The van der Waals surface area contributed by atoms with Crippen LogP contribution in [0.25, 0.3) is 0 Å². The number of likely N-dealkylation sites (tertiary alicyclic amines) is 1. The minimum Gasteiger partial charge on any atom is -0.370 e. The van der Waals surface area contributed by atoms with Crippen molar-refractivity contribution < 1.29 is 13.2 Å². The van der Waals surface area contributed by atoms with Gasteiger partial charge in [0.2, 0.25) is 10.0 Å². The van der Waals surface area contributed by atoms with Gasteiger partial charge >= 0.3 is 0 Å². The van der Waals surface area contributed by atoms with Crippen molar-refractivity contribution in [3.63, 3.8) is 0 Å². The van der Waals surface area contributed by atoms with Crippen LogP contribution in [0.5, 0.6) is 0 Å². The molecule has 1 spiro atoms. The minimum atomic E-state index is -3.44. The van der Waals surface area contributed by atoms with Gasteiger partial charge in [0.15, 0.2) is 0 Å². The molecule has 0 aromatic heterocycles. The van der Waals surface area contributed by atoms with E-state index < -0.39 is 10.0 Å². The van der Waals surface area contributed by atoms with E-state index in [0.29, 0.717) is 11.4 Å². The Bertz CT molecular complexity index is 823. The molecule has 5 rings (SSSR count). The van der Waals surface area contributed by atoms with Crippen LogP contribution in [0.15, 0.2) is 47.4 Å². The summed E-state index contributed by atoms with van der Waals surface area (Å²) in [6.45, 7) is 3.82. The quantitative estimate of drug-likeness (QED) is 0.744. The van der Waals surface area contributed by atoms with Crippen LogP contribution < -0.4 is 4.72 Å². The number of nitrogens with zero attached hydrogens (tertiary/aromatic N) is 1. The molecule has 1 aromatic rings. The first kappa shape index (κ1) is 18.8. The van der Waals surface area contributed by atoms with Crippen molar-refractivity contribution in [1.29, 1.82) is 0 Å². The number of fused-ring (bicyclic) bond motifs is 2. The number of hydrogen-bond acceptors (Lipinski definition) is 4. The van der Waals surface area contributed by atoms with Gasteiger partial charge in [-0.3, -0.25) is 0 Å². The van der Waals surface area contributed by atoms with Crippen molar-refractivity contribution in [2.45, 2.75) is 48.7 Å². The number of hydrogen-bond donors (Lipinski definition) is 1. The second-order valence-corrected chi connectivity index (χ2v) is 10.9. The van der Waals surface area contributed by atoms with Crippen molar-refractivity contribution in [2.75, 3.05) is 26.2 Å². The van der Waals surface area contributed by atoms with Gasteiger partial charge in [-0.15, -0.1) is 0 Å². The highest BCUT2D eigenvalue weighted by atomic mass is 32.2. The molecule has 6 heteroatoms. The van der Waals surface area contributed by atoms with Crippen LogP contribution in [-0.4, -0.2) is 51.2 Å². The summed E-state index contributed by atoms with van der Waals surface area (Å²) in [6, 6.07) is 8.53. The van der Waals surface area contributed by atoms with Crippen LogP contribution in [0, 0.1) is 17.8 Å². The molecule has 2 aliphatic heterocycles. The van der Waals surface area contributed by atoms with E-state index in [1.165, 1.54) is 19.4 Å². The largest absolute Gasteiger partial charge is 0.370 e. The summed E-state index contributed by atoms with van der Waals surface area (Å²) in [5.74, 6) is 2.52. The van der Waals surface area contributed by atoms with E-state index in [1.54, 1.807) is 24.3 Å². The van der Waals surface area contributed by atoms with E-state index in [4.69, 9.17) is 4.74 Å². The van der Waals surface area contributed by atoms with E-state index in [2.05, 4.69) is 21.8 Å². The normalized spacial score (nSPS) is 34.0. The number of ether oxygens (including phenoxy) is 1. The highest BCUT2D eigenvalue weighted by Crippen LogP contribution is 2.45. The molecule has 5 nitrogen and oxygen atoms in total. The van der Waals surface area contributed by atoms with Crippen LogP contribution in [-0.2, 0) is 14.8 Å². The molecule has 28 heavy (non-hydrogen) atoms. The second-order valence-electron chi connectivity index (χ2n) is 9.13. The first-order valence-electron chi connectivity index (χ1n) is 10.6. The van der Waals surface area contributed by atoms with Crippen LogP contribution >= 0.6 is 0 Å². The van der Waals surface area contributed by atoms with Crippen molar-refractivity contribution in [1.82, 2.24) is 9.62 Å². The Morgan fingerprint density at radius 2 is 1.86 bits per heavy atom. The highest BCUT2D eigenvalue weighted by Gasteiger charge is 2.47. The van der Waals surface area contributed by atoms with Gasteiger partial charge in [0.25, 0.3) is 0 Å². The second kappa shape index (κ2) is 7.24. The third kappa shape index (κ3) is 3.67. The Labute approximate surface area is 168 Å². The van der Waals surface area contributed by atoms with Gasteiger partial charge < -0.3 is 9.64 Å². The van der Waals surface area contributed by atoms with Gasteiger partial charge in [0, 0.05) is 32.6 Å². The summed E-state index contributed by atoms with van der Waals surface area (Å²) >= 11 is 0. The van der Waals surface area contributed by atoms with Crippen LogP contribution in [0.3, 0.4) is 0 Å². The third-order valence-corrected chi connectivity index (χ3v) is 8.69. The summed E-state index contributed by atoms with van der Waals surface area (Å²) < 4.78 is 33.6.